The fourth-order valence-corrected chi connectivity index (χ4v) is 2.89. The van der Waals surface area contributed by atoms with E-state index in [9.17, 15) is 15.2 Å². The summed E-state index contributed by atoms with van der Waals surface area (Å²) in [6, 6.07) is 19.9. The number of hydrogen-bond donors (Lipinski definition) is 2. The third-order valence-electron chi connectivity index (χ3n) is 4.15. The number of benzene rings is 3. The van der Waals surface area contributed by atoms with Crippen LogP contribution in [0.25, 0.3) is 11.1 Å². The molecule has 0 fully saturated rings. The first-order chi connectivity index (χ1) is 13.1. The van der Waals surface area contributed by atoms with Crippen LogP contribution in [0.5, 0.6) is 5.75 Å². The van der Waals surface area contributed by atoms with Crippen LogP contribution in [0.4, 0.5) is 5.69 Å². The van der Waals surface area contributed by atoms with Gasteiger partial charge in [-0.2, -0.15) is 5.10 Å². The number of hydrazone groups is 1. The molecule has 0 heterocycles. The molecule has 0 aromatic heterocycles. The van der Waals surface area contributed by atoms with Gasteiger partial charge in [0.2, 0.25) is 0 Å². The summed E-state index contributed by atoms with van der Waals surface area (Å²) in [5.74, 6) is 0.0336. The number of rotatable bonds is 6. The van der Waals surface area contributed by atoms with Gasteiger partial charge in [-0.1, -0.05) is 42.5 Å². The SMILES string of the molecule is CNN=Cc1cc(Cc2ccccc2)cc(-c2cccc([N+](=O)[O-])c2)c1O. The second-order valence-corrected chi connectivity index (χ2v) is 6.03. The molecule has 136 valence electrons. The van der Waals surface area contributed by atoms with E-state index in [1.807, 2.05) is 42.5 Å². The average molecular weight is 361 g/mol. The highest BCUT2D eigenvalue weighted by Gasteiger charge is 2.14. The summed E-state index contributed by atoms with van der Waals surface area (Å²) < 4.78 is 0. The molecule has 0 radical (unpaired) electrons. The molecule has 0 spiro atoms. The molecule has 0 aliphatic rings. The Morgan fingerprint density at radius 2 is 1.85 bits per heavy atom. The maximum absolute atomic E-state index is 11.1. The molecule has 2 N–H and O–H groups in total. The first-order valence-electron chi connectivity index (χ1n) is 8.43. The van der Waals surface area contributed by atoms with Crippen LogP contribution in [-0.4, -0.2) is 23.3 Å². The first kappa shape index (κ1) is 18.1. The standard InChI is InChI=1S/C21H19N3O3/c1-22-23-14-18-11-16(10-15-6-3-2-4-7-15)12-20(21(18)25)17-8-5-9-19(13-17)24(26)27/h2-9,11-14,22,25H,10H2,1H3. The van der Waals surface area contributed by atoms with Gasteiger partial charge < -0.3 is 10.5 Å². The van der Waals surface area contributed by atoms with E-state index < -0.39 is 4.92 Å². The zero-order valence-corrected chi connectivity index (χ0v) is 14.8. The van der Waals surface area contributed by atoms with Crippen molar-refractivity contribution < 1.29 is 10.0 Å². The minimum Gasteiger partial charge on any atom is -0.507 e. The molecule has 0 saturated heterocycles. The molecule has 0 unspecified atom stereocenters. The van der Waals surface area contributed by atoms with E-state index in [2.05, 4.69) is 10.5 Å². The highest BCUT2D eigenvalue weighted by atomic mass is 16.6. The summed E-state index contributed by atoms with van der Waals surface area (Å²) >= 11 is 0. The molecule has 0 saturated carbocycles. The second kappa shape index (κ2) is 8.14. The lowest BCUT2D eigenvalue weighted by molar-refractivity contribution is -0.384. The lowest BCUT2D eigenvalue weighted by Gasteiger charge is -2.12. The van der Waals surface area contributed by atoms with Gasteiger partial charge in [0, 0.05) is 30.3 Å². The van der Waals surface area contributed by atoms with Crippen molar-refractivity contribution in [1.82, 2.24) is 5.43 Å². The molecule has 0 amide bonds. The van der Waals surface area contributed by atoms with Crippen LogP contribution >= 0.6 is 0 Å². The number of non-ortho nitro benzene ring substituents is 1. The Bertz CT molecular complexity index is 985. The molecule has 0 aliphatic carbocycles. The predicted molar refractivity (Wildman–Crippen MR) is 106 cm³/mol. The minimum atomic E-state index is -0.447. The fraction of sp³-hybridized carbons (Fsp3) is 0.0952. The van der Waals surface area contributed by atoms with Gasteiger partial charge in [-0.3, -0.25) is 10.1 Å². The van der Waals surface area contributed by atoms with E-state index in [0.29, 0.717) is 23.1 Å². The number of nitro benzene ring substituents is 1. The summed E-state index contributed by atoms with van der Waals surface area (Å²) in [6.07, 6.45) is 2.20. The Labute approximate surface area is 157 Å². The van der Waals surface area contributed by atoms with Crippen molar-refractivity contribution in [2.75, 3.05) is 7.05 Å². The number of phenols is 1. The predicted octanol–water partition coefficient (Wildman–Crippen LogP) is 4.11. The van der Waals surface area contributed by atoms with Crippen molar-refractivity contribution in [1.29, 1.82) is 0 Å². The van der Waals surface area contributed by atoms with Crippen LogP contribution in [0.15, 0.2) is 71.8 Å². The molecule has 0 bridgehead atoms. The second-order valence-electron chi connectivity index (χ2n) is 6.03. The third kappa shape index (κ3) is 4.30. The van der Waals surface area contributed by atoms with Crippen molar-refractivity contribution in [3.63, 3.8) is 0 Å². The Balaban J connectivity index is 2.11. The quantitative estimate of drug-likeness (QED) is 0.393. The van der Waals surface area contributed by atoms with Crippen LogP contribution in [0.2, 0.25) is 0 Å². The Morgan fingerprint density at radius 3 is 2.56 bits per heavy atom. The van der Waals surface area contributed by atoms with Crippen molar-refractivity contribution >= 4 is 11.9 Å². The van der Waals surface area contributed by atoms with E-state index in [4.69, 9.17) is 0 Å². The van der Waals surface area contributed by atoms with E-state index in [0.717, 1.165) is 11.1 Å². The molecule has 3 rings (SSSR count). The number of nitrogens with one attached hydrogen (secondary N) is 1. The topological polar surface area (TPSA) is 87.8 Å². The van der Waals surface area contributed by atoms with Crippen molar-refractivity contribution in [2.24, 2.45) is 5.10 Å². The molecule has 6 nitrogen and oxygen atoms in total. The van der Waals surface area contributed by atoms with Crippen LogP contribution in [0.1, 0.15) is 16.7 Å². The zero-order valence-electron chi connectivity index (χ0n) is 14.8. The van der Waals surface area contributed by atoms with Gasteiger partial charge >= 0.3 is 0 Å². The van der Waals surface area contributed by atoms with Gasteiger partial charge in [0.15, 0.2) is 0 Å². The van der Waals surface area contributed by atoms with E-state index in [1.165, 1.54) is 18.3 Å². The maximum atomic E-state index is 11.1. The van der Waals surface area contributed by atoms with Crippen LogP contribution in [0.3, 0.4) is 0 Å². The molecule has 3 aromatic carbocycles. The fourth-order valence-electron chi connectivity index (χ4n) is 2.89. The van der Waals surface area contributed by atoms with Crippen LogP contribution in [0, 0.1) is 10.1 Å². The summed E-state index contributed by atoms with van der Waals surface area (Å²) in [4.78, 5) is 10.7. The summed E-state index contributed by atoms with van der Waals surface area (Å²) in [5.41, 5.74) is 6.39. The van der Waals surface area contributed by atoms with Gasteiger partial charge in [-0.15, -0.1) is 0 Å². The Kier molecular flexibility index (Phi) is 5.47. The van der Waals surface area contributed by atoms with Gasteiger partial charge in [0.05, 0.1) is 11.1 Å². The largest absolute Gasteiger partial charge is 0.507 e. The highest BCUT2D eigenvalue weighted by Crippen LogP contribution is 2.35. The number of aromatic hydroxyl groups is 1. The summed E-state index contributed by atoms with van der Waals surface area (Å²) in [7, 11) is 1.67. The molecule has 6 heteroatoms. The minimum absolute atomic E-state index is 0.0224. The smallest absolute Gasteiger partial charge is 0.270 e. The third-order valence-corrected chi connectivity index (χ3v) is 4.15. The van der Waals surface area contributed by atoms with Crippen LogP contribution in [-0.2, 0) is 6.42 Å². The van der Waals surface area contributed by atoms with Crippen molar-refractivity contribution in [3.8, 4) is 16.9 Å². The molecular weight excluding hydrogens is 342 g/mol. The normalized spacial score (nSPS) is 10.9. The molecule has 0 aliphatic heterocycles. The van der Waals surface area contributed by atoms with E-state index in [-0.39, 0.29) is 11.4 Å². The summed E-state index contributed by atoms with van der Waals surface area (Å²) in [6.45, 7) is 0. The summed E-state index contributed by atoms with van der Waals surface area (Å²) in [5, 5.41) is 25.8. The molecule has 27 heavy (non-hydrogen) atoms. The number of hydrogen-bond acceptors (Lipinski definition) is 5. The van der Waals surface area contributed by atoms with Gasteiger partial charge in [0.1, 0.15) is 5.75 Å². The highest BCUT2D eigenvalue weighted by molar-refractivity contribution is 5.89. The first-order valence-corrected chi connectivity index (χ1v) is 8.43. The monoisotopic (exact) mass is 361 g/mol. The van der Waals surface area contributed by atoms with Crippen molar-refractivity contribution in [3.05, 3.63) is 93.5 Å². The molecular formula is C21H19N3O3. The van der Waals surface area contributed by atoms with Gasteiger partial charge in [-0.05, 0) is 35.2 Å². The van der Waals surface area contributed by atoms with E-state index in [1.54, 1.807) is 19.2 Å². The van der Waals surface area contributed by atoms with Crippen LogP contribution < -0.4 is 5.43 Å². The average Bonchev–Trinajstić information content (AvgIpc) is 2.69. The zero-order chi connectivity index (χ0) is 19.2. The maximum Gasteiger partial charge on any atom is 0.270 e. The van der Waals surface area contributed by atoms with Gasteiger partial charge in [-0.25, -0.2) is 0 Å². The number of nitro groups is 1. The molecule has 0 atom stereocenters. The lowest BCUT2D eigenvalue weighted by Crippen LogP contribution is -1.98. The van der Waals surface area contributed by atoms with E-state index >= 15 is 0 Å². The Morgan fingerprint density at radius 1 is 1.07 bits per heavy atom. The number of nitrogens with zero attached hydrogens (tertiary/aromatic N) is 2. The molecule has 3 aromatic rings. The van der Waals surface area contributed by atoms with Gasteiger partial charge in [0.25, 0.3) is 5.69 Å². The number of phenolic OH excluding ortho intramolecular Hbond substituents is 1. The lowest BCUT2D eigenvalue weighted by atomic mass is 9.95. The van der Waals surface area contributed by atoms with Crippen molar-refractivity contribution in [2.45, 2.75) is 6.42 Å². The Hall–Kier alpha value is -3.67.